The summed E-state index contributed by atoms with van der Waals surface area (Å²) < 4.78 is 5.54. The lowest BCUT2D eigenvalue weighted by Crippen LogP contribution is -2.54. The minimum atomic E-state index is -0.829. The Labute approximate surface area is 119 Å². The zero-order chi connectivity index (χ0) is 14.8. The SMILES string of the molecule is CC1OCCC1N(C)C(=O)C1(C(N)=NO)CCCCC1. The third-order valence-corrected chi connectivity index (χ3v) is 4.87. The van der Waals surface area contributed by atoms with Gasteiger partial charge in [-0.2, -0.15) is 0 Å². The Morgan fingerprint density at radius 2 is 2.05 bits per heavy atom. The van der Waals surface area contributed by atoms with E-state index in [9.17, 15) is 4.79 Å². The molecule has 114 valence electrons. The molecule has 0 bridgehead atoms. The van der Waals surface area contributed by atoms with Gasteiger partial charge >= 0.3 is 0 Å². The Hall–Kier alpha value is -1.30. The Balaban J connectivity index is 2.22. The van der Waals surface area contributed by atoms with Crippen LogP contribution in [0.5, 0.6) is 0 Å². The molecule has 0 aromatic carbocycles. The summed E-state index contributed by atoms with van der Waals surface area (Å²) in [4.78, 5) is 14.7. The fourth-order valence-electron chi connectivity index (χ4n) is 3.55. The molecule has 1 saturated carbocycles. The predicted molar refractivity (Wildman–Crippen MR) is 75.5 cm³/mol. The van der Waals surface area contributed by atoms with Crippen molar-refractivity contribution in [2.24, 2.45) is 16.3 Å². The maximum Gasteiger partial charge on any atom is 0.236 e. The van der Waals surface area contributed by atoms with Gasteiger partial charge in [0.25, 0.3) is 0 Å². The highest BCUT2D eigenvalue weighted by molar-refractivity contribution is 6.06. The quantitative estimate of drug-likeness (QED) is 0.354. The number of oxime groups is 1. The van der Waals surface area contributed by atoms with Gasteiger partial charge < -0.3 is 20.6 Å². The van der Waals surface area contributed by atoms with E-state index in [1.165, 1.54) is 0 Å². The first kappa shape index (κ1) is 15.1. The fraction of sp³-hybridized carbons (Fsp3) is 0.857. The summed E-state index contributed by atoms with van der Waals surface area (Å²) in [5.41, 5.74) is 5.05. The smallest absolute Gasteiger partial charge is 0.236 e. The van der Waals surface area contributed by atoms with Crippen molar-refractivity contribution in [2.75, 3.05) is 13.7 Å². The van der Waals surface area contributed by atoms with Crippen LogP contribution in [-0.2, 0) is 9.53 Å². The summed E-state index contributed by atoms with van der Waals surface area (Å²) in [5.74, 6) is 0.0236. The zero-order valence-corrected chi connectivity index (χ0v) is 12.3. The normalized spacial score (nSPS) is 30.2. The molecule has 0 aromatic rings. The van der Waals surface area contributed by atoms with Gasteiger partial charge in [-0.1, -0.05) is 24.4 Å². The summed E-state index contributed by atoms with van der Waals surface area (Å²) in [5, 5.41) is 12.2. The van der Waals surface area contributed by atoms with E-state index in [0.717, 1.165) is 25.7 Å². The molecule has 0 aromatic heterocycles. The molecule has 1 amide bonds. The third kappa shape index (κ3) is 2.49. The highest BCUT2D eigenvalue weighted by Crippen LogP contribution is 2.39. The van der Waals surface area contributed by atoms with Crippen molar-refractivity contribution in [3.05, 3.63) is 0 Å². The number of rotatable bonds is 3. The van der Waals surface area contributed by atoms with Crippen LogP contribution in [0.15, 0.2) is 5.16 Å². The van der Waals surface area contributed by atoms with Crippen LogP contribution in [0.3, 0.4) is 0 Å². The molecule has 2 unspecified atom stereocenters. The molecular weight excluding hydrogens is 258 g/mol. The van der Waals surface area contributed by atoms with Gasteiger partial charge in [0.2, 0.25) is 5.91 Å². The second-order valence-electron chi connectivity index (χ2n) is 5.98. The topological polar surface area (TPSA) is 88.2 Å². The molecule has 1 saturated heterocycles. The van der Waals surface area contributed by atoms with Crippen molar-refractivity contribution < 1.29 is 14.7 Å². The van der Waals surface area contributed by atoms with E-state index in [0.29, 0.717) is 19.4 Å². The predicted octanol–water partition coefficient (Wildman–Crippen LogP) is 1.32. The van der Waals surface area contributed by atoms with Gasteiger partial charge in [0, 0.05) is 13.7 Å². The average Bonchev–Trinajstić information content (AvgIpc) is 2.91. The number of ether oxygens (including phenoxy) is 1. The molecule has 1 heterocycles. The maximum atomic E-state index is 13.0. The number of amides is 1. The van der Waals surface area contributed by atoms with Crippen LogP contribution in [0, 0.1) is 5.41 Å². The molecule has 6 nitrogen and oxygen atoms in total. The Morgan fingerprint density at radius 3 is 2.55 bits per heavy atom. The van der Waals surface area contributed by atoms with Gasteiger partial charge in [-0.3, -0.25) is 4.79 Å². The minimum absolute atomic E-state index is 0.0325. The van der Waals surface area contributed by atoms with Crippen molar-refractivity contribution in [3.8, 4) is 0 Å². The largest absolute Gasteiger partial charge is 0.409 e. The van der Waals surface area contributed by atoms with E-state index in [4.69, 9.17) is 15.7 Å². The molecule has 1 aliphatic carbocycles. The van der Waals surface area contributed by atoms with Crippen LogP contribution in [0.25, 0.3) is 0 Å². The summed E-state index contributed by atoms with van der Waals surface area (Å²) in [6.07, 6.45) is 5.17. The van der Waals surface area contributed by atoms with Gasteiger partial charge in [0.1, 0.15) is 5.41 Å². The Kier molecular flexibility index (Phi) is 4.52. The molecule has 6 heteroatoms. The number of hydrogen-bond acceptors (Lipinski definition) is 4. The number of carbonyl (C=O) groups is 1. The standard InChI is InChI=1S/C14H25N3O3/c1-10-11(6-9-20-10)17(2)13(18)14(12(15)16-19)7-4-3-5-8-14/h10-11,19H,3-9H2,1-2H3,(H2,15,16). The lowest BCUT2D eigenvalue weighted by atomic mass is 9.72. The molecule has 2 fully saturated rings. The van der Waals surface area contributed by atoms with Gasteiger partial charge in [0.05, 0.1) is 12.1 Å². The third-order valence-electron chi connectivity index (χ3n) is 4.87. The molecule has 3 N–H and O–H groups in total. The fourth-order valence-corrected chi connectivity index (χ4v) is 3.55. The molecule has 0 radical (unpaired) electrons. The monoisotopic (exact) mass is 283 g/mol. The number of amidine groups is 1. The first-order valence-electron chi connectivity index (χ1n) is 7.40. The number of nitrogens with zero attached hydrogens (tertiary/aromatic N) is 2. The second kappa shape index (κ2) is 5.99. The van der Waals surface area contributed by atoms with Crippen LogP contribution in [0.2, 0.25) is 0 Å². The average molecular weight is 283 g/mol. The lowest BCUT2D eigenvalue weighted by molar-refractivity contribution is -0.141. The first-order chi connectivity index (χ1) is 9.53. The lowest BCUT2D eigenvalue weighted by Gasteiger charge is -2.39. The molecule has 2 rings (SSSR count). The van der Waals surface area contributed by atoms with Crippen molar-refractivity contribution in [1.82, 2.24) is 4.90 Å². The van der Waals surface area contributed by atoms with E-state index in [-0.39, 0.29) is 23.9 Å². The maximum absolute atomic E-state index is 13.0. The van der Waals surface area contributed by atoms with Crippen LogP contribution in [0.1, 0.15) is 45.4 Å². The van der Waals surface area contributed by atoms with Crippen LogP contribution in [0.4, 0.5) is 0 Å². The van der Waals surface area contributed by atoms with Crippen LogP contribution < -0.4 is 5.73 Å². The molecular formula is C14H25N3O3. The summed E-state index contributed by atoms with van der Waals surface area (Å²) >= 11 is 0. The molecule has 20 heavy (non-hydrogen) atoms. The van der Waals surface area contributed by atoms with Crippen LogP contribution in [-0.4, -0.2) is 47.7 Å². The van der Waals surface area contributed by atoms with Gasteiger partial charge in [-0.25, -0.2) is 0 Å². The Bertz CT molecular complexity index is 391. The summed E-state index contributed by atoms with van der Waals surface area (Å²) in [7, 11) is 1.80. The first-order valence-corrected chi connectivity index (χ1v) is 7.40. The van der Waals surface area contributed by atoms with Crippen molar-refractivity contribution >= 4 is 11.7 Å². The van der Waals surface area contributed by atoms with Crippen molar-refractivity contribution in [1.29, 1.82) is 0 Å². The van der Waals surface area contributed by atoms with E-state index < -0.39 is 5.41 Å². The van der Waals surface area contributed by atoms with E-state index >= 15 is 0 Å². The Morgan fingerprint density at radius 1 is 1.40 bits per heavy atom. The number of nitrogens with two attached hydrogens (primary N) is 1. The molecule has 1 aliphatic heterocycles. The second-order valence-corrected chi connectivity index (χ2v) is 5.98. The minimum Gasteiger partial charge on any atom is -0.409 e. The number of likely N-dealkylation sites (N-methyl/N-ethyl adjacent to an activating group) is 1. The summed E-state index contributed by atoms with van der Waals surface area (Å²) in [6, 6.07) is 0.0767. The zero-order valence-electron chi connectivity index (χ0n) is 12.3. The van der Waals surface area contributed by atoms with Crippen molar-refractivity contribution in [3.63, 3.8) is 0 Å². The van der Waals surface area contributed by atoms with Crippen molar-refractivity contribution in [2.45, 2.75) is 57.6 Å². The van der Waals surface area contributed by atoms with Crippen LogP contribution >= 0.6 is 0 Å². The van der Waals surface area contributed by atoms with Gasteiger partial charge in [-0.05, 0) is 26.2 Å². The number of hydrogen-bond donors (Lipinski definition) is 2. The van der Waals surface area contributed by atoms with E-state index in [1.807, 2.05) is 6.92 Å². The molecule has 0 spiro atoms. The van der Waals surface area contributed by atoms with E-state index in [2.05, 4.69) is 5.16 Å². The molecule has 2 aliphatic rings. The number of carbonyl (C=O) groups excluding carboxylic acids is 1. The highest BCUT2D eigenvalue weighted by Gasteiger charge is 2.47. The summed E-state index contributed by atoms with van der Waals surface area (Å²) in [6.45, 7) is 2.67. The molecule has 2 atom stereocenters. The van der Waals surface area contributed by atoms with E-state index in [1.54, 1.807) is 11.9 Å². The highest BCUT2D eigenvalue weighted by atomic mass is 16.5. The van der Waals surface area contributed by atoms with Gasteiger partial charge in [0.15, 0.2) is 5.84 Å². The van der Waals surface area contributed by atoms with Gasteiger partial charge in [-0.15, -0.1) is 0 Å².